The number of hydrogen-bond donors (Lipinski definition) is 2. The Morgan fingerprint density at radius 3 is 2.74 bits per heavy atom. The number of rotatable bonds is 6. The molecule has 0 aliphatic rings. The average molecular weight is 339 g/mol. The largest absolute Gasteiger partial charge is 0.495 e. The molecular weight excluding hydrogens is 322 g/mol. The van der Waals surface area contributed by atoms with Gasteiger partial charge in [-0.15, -0.1) is 0 Å². The highest BCUT2D eigenvalue weighted by atomic mass is 32.2. The number of esters is 1. The zero-order valence-electron chi connectivity index (χ0n) is 12.9. The highest BCUT2D eigenvalue weighted by molar-refractivity contribution is 7.92. The molecule has 0 aliphatic heterocycles. The number of nitrogens with zero attached hydrogens (tertiary/aromatic N) is 1. The van der Waals surface area contributed by atoms with Crippen LogP contribution in [0.4, 0.5) is 5.69 Å². The van der Waals surface area contributed by atoms with E-state index < -0.39 is 16.0 Å². The van der Waals surface area contributed by atoms with Crippen molar-refractivity contribution in [2.75, 3.05) is 18.4 Å². The van der Waals surface area contributed by atoms with E-state index >= 15 is 0 Å². The summed E-state index contributed by atoms with van der Waals surface area (Å²) >= 11 is 0. The Balaban J connectivity index is 2.29. The van der Waals surface area contributed by atoms with E-state index in [1.165, 1.54) is 7.11 Å². The quantitative estimate of drug-likeness (QED) is 0.775. The molecule has 0 atom stereocenters. The molecular formula is C14H17N3O5S. The predicted octanol–water partition coefficient (Wildman–Crippen LogP) is 1.70. The number of ether oxygens (including phenoxy) is 2. The summed E-state index contributed by atoms with van der Waals surface area (Å²) in [6.45, 7) is 3.65. The van der Waals surface area contributed by atoms with Crippen LogP contribution in [-0.2, 0) is 14.8 Å². The molecule has 0 unspecified atom stereocenters. The molecule has 2 aromatic rings. The Kier molecular flexibility index (Phi) is 4.89. The number of aromatic amines is 1. The van der Waals surface area contributed by atoms with Crippen LogP contribution in [0.1, 0.15) is 23.0 Å². The van der Waals surface area contributed by atoms with Crippen molar-refractivity contribution >= 4 is 21.7 Å². The van der Waals surface area contributed by atoms with Gasteiger partial charge in [0.15, 0.2) is 10.7 Å². The summed E-state index contributed by atoms with van der Waals surface area (Å²) in [7, 11) is -2.50. The minimum atomic E-state index is -3.95. The molecule has 2 rings (SSSR count). The number of carbonyl (C=O) groups excluding carboxylic acids is 1. The number of aromatic nitrogens is 2. The van der Waals surface area contributed by atoms with E-state index in [1.807, 2.05) is 6.92 Å². The normalized spacial score (nSPS) is 11.1. The number of benzene rings is 1. The van der Waals surface area contributed by atoms with Crippen LogP contribution >= 0.6 is 0 Å². The van der Waals surface area contributed by atoms with Gasteiger partial charge in [-0.1, -0.05) is 6.07 Å². The summed E-state index contributed by atoms with van der Waals surface area (Å²) in [6.07, 6.45) is 0. The third-order valence-corrected chi connectivity index (χ3v) is 4.20. The first-order chi connectivity index (χ1) is 10.9. The van der Waals surface area contributed by atoms with Crippen molar-refractivity contribution in [3.05, 3.63) is 35.5 Å². The van der Waals surface area contributed by atoms with E-state index in [9.17, 15) is 13.2 Å². The Bertz CT molecular complexity index is 814. The summed E-state index contributed by atoms with van der Waals surface area (Å²) < 4.78 is 37.1. The van der Waals surface area contributed by atoms with E-state index in [0.717, 1.165) is 11.6 Å². The fraction of sp³-hybridized carbons (Fsp3) is 0.286. The van der Waals surface area contributed by atoms with Gasteiger partial charge >= 0.3 is 5.97 Å². The van der Waals surface area contributed by atoms with Crippen molar-refractivity contribution in [1.82, 2.24) is 10.2 Å². The minimum Gasteiger partial charge on any atom is -0.495 e. The topological polar surface area (TPSA) is 110 Å². The van der Waals surface area contributed by atoms with Crippen molar-refractivity contribution in [2.45, 2.75) is 18.9 Å². The van der Waals surface area contributed by atoms with Crippen LogP contribution in [0.15, 0.2) is 29.3 Å². The summed E-state index contributed by atoms with van der Waals surface area (Å²) in [5.74, 6) is -0.317. The Morgan fingerprint density at radius 2 is 2.09 bits per heavy atom. The van der Waals surface area contributed by atoms with Crippen molar-refractivity contribution < 1.29 is 22.7 Å². The molecule has 0 saturated carbocycles. The van der Waals surface area contributed by atoms with Crippen molar-refractivity contribution in [3.8, 4) is 5.75 Å². The SMILES string of the molecule is CCOC(=O)c1cc(S(=O)(=O)Nc2cc(C)ccc2OC)[nH]n1. The number of sulfonamides is 1. The summed E-state index contributed by atoms with van der Waals surface area (Å²) in [6, 6.07) is 6.21. The van der Waals surface area contributed by atoms with Gasteiger partial charge in [0.25, 0.3) is 10.0 Å². The van der Waals surface area contributed by atoms with E-state index in [4.69, 9.17) is 9.47 Å². The minimum absolute atomic E-state index is 0.108. The number of H-pyrrole nitrogens is 1. The molecule has 9 heteroatoms. The van der Waals surface area contributed by atoms with E-state index in [1.54, 1.807) is 25.1 Å². The Hall–Kier alpha value is -2.55. The van der Waals surface area contributed by atoms with Gasteiger partial charge in [0.2, 0.25) is 0 Å². The molecule has 1 aromatic heterocycles. The third kappa shape index (κ3) is 3.81. The lowest BCUT2D eigenvalue weighted by atomic mass is 10.2. The highest BCUT2D eigenvalue weighted by Crippen LogP contribution is 2.27. The lowest BCUT2D eigenvalue weighted by Crippen LogP contribution is -2.14. The van der Waals surface area contributed by atoms with E-state index in [0.29, 0.717) is 11.4 Å². The van der Waals surface area contributed by atoms with Gasteiger partial charge in [0.05, 0.1) is 19.4 Å². The first-order valence-corrected chi connectivity index (χ1v) is 8.25. The second-order valence-corrected chi connectivity index (χ2v) is 6.30. The smallest absolute Gasteiger partial charge is 0.358 e. The number of methoxy groups -OCH3 is 1. The zero-order chi connectivity index (χ0) is 17.0. The molecule has 124 valence electrons. The van der Waals surface area contributed by atoms with Crippen LogP contribution in [0.3, 0.4) is 0 Å². The van der Waals surface area contributed by atoms with Crippen LogP contribution in [0.5, 0.6) is 5.75 Å². The molecule has 0 amide bonds. The molecule has 0 radical (unpaired) electrons. The van der Waals surface area contributed by atoms with Crippen LogP contribution < -0.4 is 9.46 Å². The molecule has 0 bridgehead atoms. The van der Waals surface area contributed by atoms with Gasteiger partial charge in [0, 0.05) is 6.07 Å². The Labute approximate surface area is 133 Å². The molecule has 1 heterocycles. The number of aryl methyl sites for hydroxylation is 1. The molecule has 0 aliphatic carbocycles. The maximum atomic E-state index is 12.4. The summed E-state index contributed by atoms with van der Waals surface area (Å²) in [4.78, 5) is 11.5. The lowest BCUT2D eigenvalue weighted by molar-refractivity contribution is 0.0519. The van der Waals surface area contributed by atoms with Gasteiger partial charge in [-0.25, -0.2) is 4.79 Å². The van der Waals surface area contributed by atoms with Crippen LogP contribution in [0, 0.1) is 6.92 Å². The van der Waals surface area contributed by atoms with Crippen LogP contribution in [-0.4, -0.2) is 38.3 Å². The number of hydrogen-bond acceptors (Lipinski definition) is 6. The first kappa shape index (κ1) is 16.8. The second kappa shape index (κ2) is 6.69. The maximum absolute atomic E-state index is 12.4. The molecule has 0 spiro atoms. The number of anilines is 1. The van der Waals surface area contributed by atoms with Gasteiger partial charge in [-0.3, -0.25) is 9.82 Å². The molecule has 1 aromatic carbocycles. The van der Waals surface area contributed by atoms with Gasteiger partial charge in [0.1, 0.15) is 5.75 Å². The van der Waals surface area contributed by atoms with Gasteiger partial charge in [-0.2, -0.15) is 13.5 Å². The highest BCUT2D eigenvalue weighted by Gasteiger charge is 2.22. The van der Waals surface area contributed by atoms with Crippen LogP contribution in [0.2, 0.25) is 0 Å². The summed E-state index contributed by atoms with van der Waals surface area (Å²) in [5.41, 5.74) is 1.04. The van der Waals surface area contributed by atoms with Gasteiger partial charge in [-0.05, 0) is 31.5 Å². The fourth-order valence-electron chi connectivity index (χ4n) is 1.85. The lowest BCUT2D eigenvalue weighted by Gasteiger charge is -2.11. The standard InChI is InChI=1S/C14H17N3O5S/c1-4-22-14(18)11-8-13(16-15-11)23(19,20)17-10-7-9(2)5-6-12(10)21-3/h5-8,17H,4H2,1-3H3,(H,15,16). The van der Waals surface area contributed by atoms with Crippen molar-refractivity contribution in [1.29, 1.82) is 0 Å². The van der Waals surface area contributed by atoms with Crippen molar-refractivity contribution in [3.63, 3.8) is 0 Å². The molecule has 8 nitrogen and oxygen atoms in total. The Morgan fingerprint density at radius 1 is 1.35 bits per heavy atom. The second-order valence-electron chi connectivity index (χ2n) is 4.65. The predicted molar refractivity (Wildman–Crippen MR) is 83.1 cm³/mol. The fourth-order valence-corrected chi connectivity index (χ4v) is 2.84. The van der Waals surface area contributed by atoms with Crippen molar-refractivity contribution in [2.24, 2.45) is 0 Å². The van der Waals surface area contributed by atoms with Gasteiger partial charge < -0.3 is 9.47 Å². The molecule has 2 N–H and O–H groups in total. The summed E-state index contributed by atoms with van der Waals surface area (Å²) in [5, 5.41) is 5.72. The number of nitrogens with one attached hydrogen (secondary N) is 2. The zero-order valence-corrected chi connectivity index (χ0v) is 13.7. The monoisotopic (exact) mass is 339 g/mol. The molecule has 0 saturated heterocycles. The van der Waals surface area contributed by atoms with E-state index in [-0.39, 0.29) is 17.3 Å². The van der Waals surface area contributed by atoms with Crippen LogP contribution in [0.25, 0.3) is 0 Å². The first-order valence-electron chi connectivity index (χ1n) is 6.77. The van der Waals surface area contributed by atoms with E-state index in [2.05, 4.69) is 14.9 Å². The molecule has 0 fully saturated rings. The maximum Gasteiger partial charge on any atom is 0.358 e. The number of carbonyl (C=O) groups is 1. The molecule has 23 heavy (non-hydrogen) atoms. The average Bonchev–Trinajstić information content (AvgIpc) is 2.98. The third-order valence-electron chi connectivity index (χ3n) is 2.93.